The van der Waals surface area contributed by atoms with Crippen molar-refractivity contribution in [2.45, 2.75) is 31.4 Å². The largest absolute Gasteiger partial charge is 0.383 e. The molecule has 0 heterocycles. The summed E-state index contributed by atoms with van der Waals surface area (Å²) >= 11 is 0. The van der Waals surface area contributed by atoms with Crippen LogP contribution in [0.15, 0.2) is 12.1 Å². The molecule has 2 unspecified atom stereocenters. The van der Waals surface area contributed by atoms with Crippen LogP contribution in [0.3, 0.4) is 0 Å². The molecule has 1 amide bonds. The number of benzene rings is 1. The molecule has 1 aliphatic carbocycles. The molecule has 2 N–H and O–H groups in total. The van der Waals surface area contributed by atoms with Gasteiger partial charge in [0, 0.05) is 19.7 Å². The smallest absolute Gasteiger partial charge is 0.251 e. The highest BCUT2D eigenvalue weighted by molar-refractivity contribution is 5.94. The molecule has 0 radical (unpaired) electrons. The Balaban J connectivity index is 2.13. The van der Waals surface area contributed by atoms with Crippen LogP contribution in [0.25, 0.3) is 0 Å². The van der Waals surface area contributed by atoms with E-state index in [9.17, 15) is 13.6 Å². The SMILES string of the molecule is CNc1c(F)cc(C(=O)NC2CCCC2OC)cc1F. The molecule has 0 aliphatic heterocycles. The lowest BCUT2D eigenvalue weighted by Gasteiger charge is -2.19. The topological polar surface area (TPSA) is 50.4 Å². The lowest BCUT2D eigenvalue weighted by Crippen LogP contribution is -2.40. The second-order valence-electron chi connectivity index (χ2n) is 4.85. The monoisotopic (exact) mass is 284 g/mol. The van der Waals surface area contributed by atoms with Crippen molar-refractivity contribution in [3.63, 3.8) is 0 Å². The Kier molecular flexibility index (Phi) is 4.54. The van der Waals surface area contributed by atoms with Crippen molar-refractivity contribution in [2.24, 2.45) is 0 Å². The second kappa shape index (κ2) is 6.17. The minimum Gasteiger partial charge on any atom is -0.383 e. The Hall–Kier alpha value is -1.69. The molecule has 0 saturated heterocycles. The molecule has 1 aliphatic rings. The molecule has 4 nitrogen and oxygen atoms in total. The van der Waals surface area contributed by atoms with Crippen molar-refractivity contribution in [1.29, 1.82) is 0 Å². The van der Waals surface area contributed by atoms with Gasteiger partial charge >= 0.3 is 0 Å². The third kappa shape index (κ3) is 2.90. The minimum absolute atomic E-state index is 0.0271. The van der Waals surface area contributed by atoms with Gasteiger partial charge < -0.3 is 15.4 Å². The van der Waals surface area contributed by atoms with Gasteiger partial charge in [0.05, 0.1) is 12.1 Å². The van der Waals surface area contributed by atoms with Gasteiger partial charge in [-0.25, -0.2) is 8.78 Å². The fourth-order valence-electron chi connectivity index (χ4n) is 2.57. The van der Waals surface area contributed by atoms with E-state index in [-0.39, 0.29) is 23.4 Å². The molecule has 1 aromatic carbocycles. The Labute approximate surface area is 116 Å². The molecule has 0 spiro atoms. The Morgan fingerprint density at radius 2 is 1.95 bits per heavy atom. The summed E-state index contributed by atoms with van der Waals surface area (Å²) in [4.78, 5) is 12.0. The van der Waals surface area contributed by atoms with Crippen LogP contribution in [0.1, 0.15) is 29.6 Å². The van der Waals surface area contributed by atoms with Crippen molar-refractivity contribution in [1.82, 2.24) is 5.32 Å². The average molecular weight is 284 g/mol. The van der Waals surface area contributed by atoms with E-state index < -0.39 is 17.5 Å². The zero-order valence-electron chi connectivity index (χ0n) is 11.5. The highest BCUT2D eigenvalue weighted by atomic mass is 19.1. The Morgan fingerprint density at radius 3 is 2.50 bits per heavy atom. The first-order valence-corrected chi connectivity index (χ1v) is 6.57. The summed E-state index contributed by atoms with van der Waals surface area (Å²) in [5, 5.41) is 5.19. The molecule has 1 saturated carbocycles. The van der Waals surface area contributed by atoms with E-state index in [4.69, 9.17) is 4.74 Å². The number of amides is 1. The van der Waals surface area contributed by atoms with Crippen LogP contribution >= 0.6 is 0 Å². The fraction of sp³-hybridized carbons (Fsp3) is 0.500. The zero-order valence-corrected chi connectivity index (χ0v) is 11.5. The lowest BCUT2D eigenvalue weighted by atomic mass is 10.1. The lowest BCUT2D eigenvalue weighted by molar-refractivity contribution is 0.0722. The van der Waals surface area contributed by atoms with Crippen molar-refractivity contribution in [3.05, 3.63) is 29.3 Å². The summed E-state index contributed by atoms with van der Waals surface area (Å²) in [6.07, 6.45) is 2.61. The molecule has 6 heteroatoms. The van der Waals surface area contributed by atoms with Gasteiger partial charge in [0.15, 0.2) is 0 Å². The number of hydrogen-bond donors (Lipinski definition) is 2. The summed E-state index contributed by atoms with van der Waals surface area (Å²) in [5.74, 6) is -2.06. The third-order valence-electron chi connectivity index (χ3n) is 3.63. The summed E-state index contributed by atoms with van der Waals surface area (Å²) in [7, 11) is 3.01. The summed E-state index contributed by atoms with van der Waals surface area (Å²) in [6, 6.07) is 1.95. The maximum atomic E-state index is 13.6. The Bertz CT molecular complexity index is 485. The van der Waals surface area contributed by atoms with Crippen LogP contribution in [0.5, 0.6) is 0 Å². The van der Waals surface area contributed by atoms with Gasteiger partial charge in [0.25, 0.3) is 5.91 Å². The van der Waals surface area contributed by atoms with Crippen molar-refractivity contribution in [2.75, 3.05) is 19.5 Å². The van der Waals surface area contributed by atoms with E-state index in [2.05, 4.69) is 10.6 Å². The van der Waals surface area contributed by atoms with E-state index in [0.29, 0.717) is 0 Å². The zero-order chi connectivity index (χ0) is 14.7. The van der Waals surface area contributed by atoms with Gasteiger partial charge in [0.2, 0.25) is 0 Å². The molecule has 110 valence electrons. The van der Waals surface area contributed by atoms with Crippen LogP contribution in [0.2, 0.25) is 0 Å². The quantitative estimate of drug-likeness (QED) is 0.892. The summed E-state index contributed by atoms with van der Waals surface area (Å²) in [5.41, 5.74) is -0.266. The van der Waals surface area contributed by atoms with Crippen LogP contribution < -0.4 is 10.6 Å². The number of carbonyl (C=O) groups is 1. The molecule has 0 aromatic heterocycles. The number of anilines is 1. The standard InChI is InChI=1S/C14H18F2N2O2/c1-17-13-9(15)6-8(7-10(13)16)14(19)18-11-4-3-5-12(11)20-2/h6-7,11-12,17H,3-5H2,1-2H3,(H,18,19). The predicted molar refractivity (Wildman–Crippen MR) is 71.8 cm³/mol. The maximum Gasteiger partial charge on any atom is 0.251 e. The van der Waals surface area contributed by atoms with Gasteiger partial charge in [-0.05, 0) is 31.4 Å². The molecule has 0 bridgehead atoms. The molecule has 1 aromatic rings. The van der Waals surface area contributed by atoms with Gasteiger partial charge in [-0.3, -0.25) is 4.79 Å². The van der Waals surface area contributed by atoms with Gasteiger partial charge in [-0.1, -0.05) is 0 Å². The first-order chi connectivity index (χ1) is 9.56. The average Bonchev–Trinajstić information content (AvgIpc) is 2.85. The second-order valence-corrected chi connectivity index (χ2v) is 4.85. The van der Waals surface area contributed by atoms with Gasteiger partial charge in [-0.2, -0.15) is 0 Å². The molecule has 2 atom stereocenters. The van der Waals surface area contributed by atoms with Gasteiger partial charge in [0.1, 0.15) is 17.3 Å². The first-order valence-electron chi connectivity index (χ1n) is 6.57. The number of ether oxygens (including phenoxy) is 1. The fourth-order valence-corrected chi connectivity index (χ4v) is 2.57. The van der Waals surface area contributed by atoms with Crippen molar-refractivity contribution in [3.8, 4) is 0 Å². The van der Waals surface area contributed by atoms with Crippen LogP contribution in [0, 0.1) is 11.6 Å². The van der Waals surface area contributed by atoms with E-state index in [0.717, 1.165) is 31.4 Å². The number of hydrogen-bond acceptors (Lipinski definition) is 3. The molecule has 20 heavy (non-hydrogen) atoms. The normalized spacial score (nSPS) is 21.8. The predicted octanol–water partition coefficient (Wildman–Crippen LogP) is 2.30. The molecular weight excluding hydrogens is 266 g/mol. The van der Waals surface area contributed by atoms with Crippen molar-refractivity contribution >= 4 is 11.6 Å². The number of rotatable bonds is 4. The highest BCUT2D eigenvalue weighted by Gasteiger charge is 2.29. The summed E-state index contributed by atoms with van der Waals surface area (Å²) < 4.78 is 32.5. The third-order valence-corrected chi connectivity index (χ3v) is 3.63. The summed E-state index contributed by atoms with van der Waals surface area (Å²) in [6.45, 7) is 0. The van der Waals surface area contributed by atoms with Crippen LogP contribution in [0.4, 0.5) is 14.5 Å². The number of carbonyl (C=O) groups excluding carboxylic acids is 1. The molecule has 2 rings (SSSR count). The Morgan fingerprint density at radius 1 is 1.30 bits per heavy atom. The van der Waals surface area contributed by atoms with Crippen molar-refractivity contribution < 1.29 is 18.3 Å². The highest BCUT2D eigenvalue weighted by Crippen LogP contribution is 2.23. The minimum atomic E-state index is -0.785. The first kappa shape index (κ1) is 14.7. The number of methoxy groups -OCH3 is 1. The van der Waals surface area contributed by atoms with E-state index in [1.54, 1.807) is 7.11 Å². The molecular formula is C14H18F2N2O2. The number of halogens is 2. The van der Waals surface area contributed by atoms with E-state index in [1.807, 2.05) is 0 Å². The van der Waals surface area contributed by atoms with E-state index in [1.165, 1.54) is 7.05 Å². The van der Waals surface area contributed by atoms with Crippen LogP contribution in [-0.2, 0) is 4.74 Å². The van der Waals surface area contributed by atoms with E-state index >= 15 is 0 Å². The molecule has 1 fully saturated rings. The number of nitrogens with one attached hydrogen (secondary N) is 2. The van der Waals surface area contributed by atoms with Gasteiger partial charge in [-0.15, -0.1) is 0 Å². The van der Waals surface area contributed by atoms with Crippen LogP contribution in [-0.4, -0.2) is 32.2 Å². The maximum absolute atomic E-state index is 13.6.